The van der Waals surface area contributed by atoms with Crippen LogP contribution in [-0.2, 0) is 0 Å². The summed E-state index contributed by atoms with van der Waals surface area (Å²) in [6, 6.07) is 10.9. The molecule has 0 unspecified atom stereocenters. The first-order chi connectivity index (χ1) is 11.0. The second kappa shape index (κ2) is 7.83. The van der Waals surface area contributed by atoms with E-state index in [1.165, 1.54) is 17.0 Å². The lowest BCUT2D eigenvalue weighted by molar-refractivity contribution is 0.0774. The van der Waals surface area contributed by atoms with Crippen LogP contribution in [0.2, 0.25) is 5.02 Å². The Morgan fingerprint density at radius 1 is 1.17 bits per heavy atom. The van der Waals surface area contributed by atoms with E-state index in [4.69, 9.17) is 21.1 Å². The van der Waals surface area contributed by atoms with Crippen molar-refractivity contribution in [1.82, 2.24) is 4.90 Å². The molecule has 0 fully saturated rings. The van der Waals surface area contributed by atoms with Crippen LogP contribution >= 0.6 is 11.6 Å². The lowest BCUT2D eigenvalue weighted by Crippen LogP contribution is -2.31. The van der Waals surface area contributed by atoms with E-state index < -0.39 is 5.82 Å². The molecule has 0 spiro atoms. The van der Waals surface area contributed by atoms with Gasteiger partial charge in [0.25, 0.3) is 5.91 Å². The second-order valence-corrected chi connectivity index (χ2v) is 5.28. The molecule has 2 aromatic rings. The third kappa shape index (κ3) is 4.60. The van der Waals surface area contributed by atoms with E-state index in [0.29, 0.717) is 18.9 Å². The topological polar surface area (TPSA) is 38.8 Å². The Kier molecular flexibility index (Phi) is 5.82. The molecule has 0 bridgehead atoms. The van der Waals surface area contributed by atoms with Crippen molar-refractivity contribution in [3.05, 3.63) is 58.9 Å². The number of likely N-dealkylation sites (N-methyl/N-ethyl adjacent to an activating group) is 1. The van der Waals surface area contributed by atoms with Crippen LogP contribution in [0.25, 0.3) is 0 Å². The fourth-order valence-corrected chi connectivity index (χ4v) is 2.19. The first kappa shape index (κ1) is 17.1. The molecule has 0 saturated carbocycles. The molecule has 0 radical (unpaired) electrons. The molecule has 0 aliphatic carbocycles. The van der Waals surface area contributed by atoms with Crippen LogP contribution < -0.4 is 9.47 Å². The van der Waals surface area contributed by atoms with Gasteiger partial charge in [-0.1, -0.05) is 11.6 Å². The maximum Gasteiger partial charge on any atom is 0.255 e. The lowest BCUT2D eigenvalue weighted by Gasteiger charge is -2.18. The average molecular weight is 338 g/mol. The van der Waals surface area contributed by atoms with Gasteiger partial charge < -0.3 is 14.4 Å². The highest BCUT2D eigenvalue weighted by molar-refractivity contribution is 6.33. The van der Waals surface area contributed by atoms with Gasteiger partial charge in [-0.05, 0) is 42.5 Å². The van der Waals surface area contributed by atoms with Crippen molar-refractivity contribution in [2.24, 2.45) is 0 Å². The largest absolute Gasteiger partial charge is 0.497 e. The van der Waals surface area contributed by atoms with Crippen molar-refractivity contribution in [2.45, 2.75) is 0 Å². The quantitative estimate of drug-likeness (QED) is 0.807. The Morgan fingerprint density at radius 2 is 1.83 bits per heavy atom. The van der Waals surface area contributed by atoms with Crippen molar-refractivity contribution >= 4 is 17.5 Å². The van der Waals surface area contributed by atoms with Crippen LogP contribution in [0.1, 0.15) is 10.4 Å². The number of amides is 1. The number of hydrogen-bond acceptors (Lipinski definition) is 3. The molecule has 2 aromatic carbocycles. The summed E-state index contributed by atoms with van der Waals surface area (Å²) >= 11 is 5.90. The number of hydrogen-bond donors (Lipinski definition) is 0. The van der Waals surface area contributed by atoms with Crippen molar-refractivity contribution in [3.8, 4) is 11.5 Å². The fourth-order valence-electron chi connectivity index (χ4n) is 1.94. The fraction of sp³-hybridized carbons (Fsp3) is 0.235. The Bertz CT molecular complexity index is 676. The first-order valence-electron chi connectivity index (χ1n) is 6.98. The zero-order chi connectivity index (χ0) is 16.8. The van der Waals surface area contributed by atoms with E-state index in [1.54, 1.807) is 38.4 Å². The molecule has 0 aliphatic heterocycles. The molecule has 23 heavy (non-hydrogen) atoms. The van der Waals surface area contributed by atoms with Gasteiger partial charge in [-0.15, -0.1) is 0 Å². The first-order valence-corrected chi connectivity index (χ1v) is 7.36. The number of carbonyl (C=O) groups excluding carboxylic acids is 1. The standard InChI is InChI=1S/C17H17ClFNO3/c1-20(17(21)15-8-3-12(19)11-16(15)18)9-10-23-14-6-4-13(22-2)5-7-14/h3-8,11H,9-10H2,1-2H3. The van der Waals surface area contributed by atoms with Crippen molar-refractivity contribution in [1.29, 1.82) is 0 Å². The molecule has 6 heteroatoms. The number of nitrogens with zero attached hydrogens (tertiary/aromatic N) is 1. The summed E-state index contributed by atoms with van der Waals surface area (Å²) in [5.74, 6) is 0.674. The minimum Gasteiger partial charge on any atom is -0.497 e. The SMILES string of the molecule is COc1ccc(OCCN(C)C(=O)c2ccc(F)cc2Cl)cc1. The number of halogens is 2. The van der Waals surface area contributed by atoms with Gasteiger partial charge in [0.2, 0.25) is 0 Å². The van der Waals surface area contributed by atoms with Gasteiger partial charge in [0.05, 0.1) is 24.2 Å². The van der Waals surface area contributed by atoms with Crippen LogP contribution in [0.3, 0.4) is 0 Å². The van der Waals surface area contributed by atoms with E-state index in [0.717, 1.165) is 11.8 Å². The van der Waals surface area contributed by atoms with Gasteiger partial charge in [-0.3, -0.25) is 4.79 Å². The molecule has 2 rings (SSSR count). The van der Waals surface area contributed by atoms with E-state index in [9.17, 15) is 9.18 Å². The lowest BCUT2D eigenvalue weighted by atomic mass is 10.2. The third-order valence-corrected chi connectivity index (χ3v) is 3.58. The second-order valence-electron chi connectivity index (χ2n) is 4.87. The predicted octanol–water partition coefficient (Wildman–Crippen LogP) is 3.64. The Labute approximate surface area is 139 Å². The number of ether oxygens (including phenoxy) is 2. The molecule has 0 aromatic heterocycles. The van der Waals surface area contributed by atoms with Crippen LogP contribution in [0.5, 0.6) is 11.5 Å². The maximum absolute atomic E-state index is 13.0. The molecule has 122 valence electrons. The van der Waals surface area contributed by atoms with E-state index in [-0.39, 0.29) is 16.5 Å². The third-order valence-electron chi connectivity index (χ3n) is 3.26. The number of benzene rings is 2. The summed E-state index contributed by atoms with van der Waals surface area (Å²) in [4.78, 5) is 13.7. The summed E-state index contributed by atoms with van der Waals surface area (Å²) in [5.41, 5.74) is 0.264. The summed E-state index contributed by atoms with van der Waals surface area (Å²) in [7, 11) is 3.23. The molecule has 0 aliphatic rings. The number of carbonyl (C=O) groups is 1. The van der Waals surface area contributed by atoms with Gasteiger partial charge in [0.1, 0.15) is 23.9 Å². The summed E-state index contributed by atoms with van der Waals surface area (Å²) in [5, 5.41) is 0.0953. The minimum absolute atomic E-state index is 0.0953. The van der Waals surface area contributed by atoms with E-state index in [1.807, 2.05) is 0 Å². The molecule has 1 amide bonds. The van der Waals surface area contributed by atoms with Crippen LogP contribution in [-0.4, -0.2) is 38.1 Å². The van der Waals surface area contributed by atoms with Crippen molar-refractivity contribution in [3.63, 3.8) is 0 Å². The van der Waals surface area contributed by atoms with Crippen molar-refractivity contribution < 1.29 is 18.7 Å². The smallest absolute Gasteiger partial charge is 0.255 e. The monoisotopic (exact) mass is 337 g/mol. The van der Waals surface area contributed by atoms with E-state index >= 15 is 0 Å². The van der Waals surface area contributed by atoms with Crippen molar-refractivity contribution in [2.75, 3.05) is 27.3 Å². The molecule has 0 saturated heterocycles. The molecule has 4 nitrogen and oxygen atoms in total. The van der Waals surface area contributed by atoms with Gasteiger partial charge in [0, 0.05) is 7.05 Å². The molecule has 0 N–H and O–H groups in total. The van der Waals surface area contributed by atoms with Gasteiger partial charge in [0.15, 0.2) is 0 Å². The predicted molar refractivity (Wildman–Crippen MR) is 86.9 cm³/mol. The molecule has 0 atom stereocenters. The summed E-state index contributed by atoms with van der Waals surface area (Å²) < 4.78 is 23.7. The highest BCUT2D eigenvalue weighted by atomic mass is 35.5. The van der Waals surface area contributed by atoms with Crippen LogP contribution in [0, 0.1) is 5.82 Å². The van der Waals surface area contributed by atoms with Gasteiger partial charge >= 0.3 is 0 Å². The van der Waals surface area contributed by atoms with Gasteiger partial charge in [-0.25, -0.2) is 4.39 Å². The number of rotatable bonds is 6. The Morgan fingerprint density at radius 3 is 2.43 bits per heavy atom. The Balaban J connectivity index is 1.88. The van der Waals surface area contributed by atoms with Crippen LogP contribution in [0.4, 0.5) is 4.39 Å². The number of methoxy groups -OCH3 is 1. The highest BCUT2D eigenvalue weighted by Gasteiger charge is 2.15. The minimum atomic E-state index is -0.475. The average Bonchev–Trinajstić information content (AvgIpc) is 2.55. The Hall–Kier alpha value is -2.27. The summed E-state index contributed by atoms with van der Waals surface area (Å²) in [6.45, 7) is 0.700. The zero-order valence-electron chi connectivity index (χ0n) is 12.9. The van der Waals surface area contributed by atoms with Crippen LogP contribution in [0.15, 0.2) is 42.5 Å². The van der Waals surface area contributed by atoms with E-state index in [2.05, 4.69) is 0 Å². The molecule has 0 heterocycles. The summed E-state index contributed by atoms with van der Waals surface area (Å²) in [6.07, 6.45) is 0. The normalized spacial score (nSPS) is 10.3. The molecular weight excluding hydrogens is 321 g/mol. The highest BCUT2D eigenvalue weighted by Crippen LogP contribution is 2.19. The zero-order valence-corrected chi connectivity index (χ0v) is 13.6. The van der Waals surface area contributed by atoms with Gasteiger partial charge in [-0.2, -0.15) is 0 Å². The molecular formula is C17H17ClFNO3. The maximum atomic E-state index is 13.0.